The molecule has 0 radical (unpaired) electrons. The molecule has 0 saturated carbocycles. The average Bonchev–Trinajstić information content (AvgIpc) is 3.28. The van der Waals surface area contributed by atoms with Gasteiger partial charge in [-0.15, -0.1) is 0 Å². The number of benzene rings is 10. The van der Waals surface area contributed by atoms with Gasteiger partial charge in [-0.3, -0.25) is 0 Å². The highest BCUT2D eigenvalue weighted by atomic mass is 16.5. The highest BCUT2D eigenvalue weighted by Crippen LogP contribution is 2.51. The first kappa shape index (κ1) is 34.3. The van der Waals surface area contributed by atoms with Crippen LogP contribution in [-0.2, 0) is 0 Å². The first-order chi connectivity index (χ1) is 28.0. The normalized spacial score (nSPS) is 11.6. The molecule has 0 aliphatic rings. The lowest BCUT2D eigenvalue weighted by atomic mass is 9.81. The molecule has 276 valence electrons. The van der Waals surface area contributed by atoms with Crippen LogP contribution in [0.4, 0.5) is 5.69 Å². The van der Waals surface area contributed by atoms with E-state index in [0.717, 1.165) is 100 Å². The quantitative estimate of drug-likeness (QED) is 0.0954. The summed E-state index contributed by atoms with van der Waals surface area (Å²) in [4.78, 5) is 0. The third-order valence-electron chi connectivity index (χ3n) is 11.6. The molecule has 0 unspecified atom stereocenters. The standard InChI is InChI=1S/C52H39NO4/c1-54-37-15-5-30(6-16-37)34-13-23-41-43(25-34)45-27-36(32-9-19-39(56-3)20-10-32)28-46-44-26-35(31-7-17-38(55-2)18-8-31)14-24-42(44)51-49(33-11-21-40(57-4)22-12-33)48(53)29-47(41)52(51)50(45)46/h5-29H,53H2,1-4H3. The van der Waals surface area contributed by atoms with Crippen molar-refractivity contribution in [1.82, 2.24) is 0 Å². The Balaban J connectivity index is 1.39. The summed E-state index contributed by atoms with van der Waals surface area (Å²) in [7, 11) is 6.79. The summed E-state index contributed by atoms with van der Waals surface area (Å²) >= 11 is 0. The zero-order valence-corrected chi connectivity index (χ0v) is 32.1. The van der Waals surface area contributed by atoms with Crippen molar-refractivity contribution in [2.45, 2.75) is 0 Å². The second-order valence-corrected chi connectivity index (χ2v) is 14.5. The molecule has 0 aromatic heterocycles. The van der Waals surface area contributed by atoms with Gasteiger partial charge in [-0.1, -0.05) is 72.8 Å². The maximum atomic E-state index is 7.23. The van der Waals surface area contributed by atoms with Crippen LogP contribution in [0.25, 0.3) is 98.4 Å². The summed E-state index contributed by atoms with van der Waals surface area (Å²) in [6.45, 7) is 0. The Bertz CT molecular complexity index is 3110. The molecule has 57 heavy (non-hydrogen) atoms. The van der Waals surface area contributed by atoms with Gasteiger partial charge in [-0.25, -0.2) is 0 Å². The van der Waals surface area contributed by atoms with Crippen molar-refractivity contribution in [3.8, 4) is 67.5 Å². The smallest absolute Gasteiger partial charge is 0.118 e. The van der Waals surface area contributed by atoms with Crippen LogP contribution in [0.2, 0.25) is 0 Å². The minimum atomic E-state index is 0.728. The Morgan fingerprint density at radius 2 is 0.632 bits per heavy atom. The van der Waals surface area contributed by atoms with Gasteiger partial charge in [0.25, 0.3) is 0 Å². The molecular weight excluding hydrogens is 703 g/mol. The fourth-order valence-electron chi connectivity index (χ4n) is 8.71. The molecule has 0 aliphatic carbocycles. The summed E-state index contributed by atoms with van der Waals surface area (Å²) in [5.74, 6) is 3.28. The molecule has 5 nitrogen and oxygen atoms in total. The second kappa shape index (κ2) is 13.5. The molecule has 0 fully saturated rings. The maximum Gasteiger partial charge on any atom is 0.118 e. The molecule has 0 heterocycles. The van der Waals surface area contributed by atoms with Gasteiger partial charge in [0.05, 0.1) is 28.4 Å². The highest BCUT2D eigenvalue weighted by molar-refractivity contribution is 6.43. The van der Waals surface area contributed by atoms with Crippen LogP contribution in [0.5, 0.6) is 23.0 Å². The first-order valence-corrected chi connectivity index (χ1v) is 19.0. The summed E-state index contributed by atoms with van der Waals surface area (Å²) < 4.78 is 22.1. The Morgan fingerprint density at radius 3 is 1.09 bits per heavy atom. The zero-order chi connectivity index (χ0) is 38.8. The van der Waals surface area contributed by atoms with E-state index in [1.165, 1.54) is 26.9 Å². The third kappa shape index (κ3) is 5.54. The van der Waals surface area contributed by atoms with Gasteiger partial charge in [-0.05, 0) is 166 Å². The van der Waals surface area contributed by atoms with Crippen LogP contribution in [0.3, 0.4) is 0 Å². The van der Waals surface area contributed by atoms with Crippen molar-refractivity contribution >= 4 is 59.5 Å². The fourth-order valence-corrected chi connectivity index (χ4v) is 8.71. The number of methoxy groups -OCH3 is 4. The van der Waals surface area contributed by atoms with Gasteiger partial charge in [0.15, 0.2) is 0 Å². The van der Waals surface area contributed by atoms with Gasteiger partial charge in [-0.2, -0.15) is 0 Å². The molecule has 5 heteroatoms. The number of hydrogen-bond donors (Lipinski definition) is 1. The van der Waals surface area contributed by atoms with Crippen LogP contribution in [0, 0.1) is 0 Å². The van der Waals surface area contributed by atoms with E-state index in [2.05, 4.69) is 103 Å². The number of anilines is 1. The number of nitrogen functional groups attached to an aromatic ring is 1. The molecule has 2 N–H and O–H groups in total. The van der Waals surface area contributed by atoms with Crippen molar-refractivity contribution in [3.63, 3.8) is 0 Å². The van der Waals surface area contributed by atoms with E-state index in [-0.39, 0.29) is 0 Å². The van der Waals surface area contributed by atoms with E-state index in [0.29, 0.717) is 0 Å². The lowest BCUT2D eigenvalue weighted by Crippen LogP contribution is -1.98. The van der Waals surface area contributed by atoms with Gasteiger partial charge in [0, 0.05) is 16.6 Å². The van der Waals surface area contributed by atoms with Crippen LogP contribution in [0.15, 0.2) is 152 Å². The molecule has 0 bridgehead atoms. The van der Waals surface area contributed by atoms with Crippen molar-refractivity contribution in [1.29, 1.82) is 0 Å². The molecule has 10 aromatic rings. The van der Waals surface area contributed by atoms with Crippen molar-refractivity contribution in [3.05, 3.63) is 152 Å². The van der Waals surface area contributed by atoms with E-state index in [4.69, 9.17) is 24.7 Å². The van der Waals surface area contributed by atoms with Crippen LogP contribution < -0.4 is 24.7 Å². The van der Waals surface area contributed by atoms with Crippen LogP contribution in [0.1, 0.15) is 0 Å². The van der Waals surface area contributed by atoms with E-state index >= 15 is 0 Å². The minimum Gasteiger partial charge on any atom is -0.497 e. The number of ether oxygens (including phenoxy) is 4. The van der Waals surface area contributed by atoms with Gasteiger partial charge < -0.3 is 24.7 Å². The zero-order valence-electron chi connectivity index (χ0n) is 32.1. The summed E-state index contributed by atoms with van der Waals surface area (Å²) in [5.41, 5.74) is 16.7. The van der Waals surface area contributed by atoms with Crippen LogP contribution in [-0.4, -0.2) is 28.4 Å². The number of hydrogen-bond acceptors (Lipinski definition) is 5. The molecular formula is C52H39NO4. The summed E-state index contributed by atoms with van der Waals surface area (Å²) in [6.07, 6.45) is 0. The molecule has 0 amide bonds. The second-order valence-electron chi connectivity index (χ2n) is 14.5. The summed E-state index contributed by atoms with van der Waals surface area (Å²) in [5, 5.41) is 11.7. The van der Waals surface area contributed by atoms with E-state index in [9.17, 15) is 0 Å². The average molecular weight is 742 g/mol. The van der Waals surface area contributed by atoms with Crippen molar-refractivity contribution < 1.29 is 18.9 Å². The molecule has 0 saturated heterocycles. The van der Waals surface area contributed by atoms with Crippen LogP contribution >= 0.6 is 0 Å². The SMILES string of the molecule is COc1ccc(-c2ccc3c(c2)c2cc(-c4ccc(OC)cc4)cc4c5cc(-c6ccc(OC)cc6)ccc5c5c(-c6ccc(OC)cc6)c(N)cc3c5c24)cc1. The largest absolute Gasteiger partial charge is 0.497 e. The van der Waals surface area contributed by atoms with Gasteiger partial charge >= 0.3 is 0 Å². The third-order valence-corrected chi connectivity index (χ3v) is 11.6. The topological polar surface area (TPSA) is 62.9 Å². The monoisotopic (exact) mass is 741 g/mol. The molecule has 10 aromatic carbocycles. The minimum absolute atomic E-state index is 0.728. The number of nitrogens with two attached hydrogens (primary N) is 1. The molecule has 0 spiro atoms. The van der Waals surface area contributed by atoms with E-state index in [1.54, 1.807) is 28.4 Å². The number of rotatable bonds is 8. The Morgan fingerprint density at radius 1 is 0.281 bits per heavy atom. The van der Waals surface area contributed by atoms with E-state index in [1.807, 2.05) is 48.5 Å². The molecule has 10 rings (SSSR count). The fraction of sp³-hybridized carbons (Fsp3) is 0.0769. The highest BCUT2D eigenvalue weighted by Gasteiger charge is 2.23. The predicted octanol–water partition coefficient (Wildman–Crippen LogP) is 13.2. The van der Waals surface area contributed by atoms with Crippen molar-refractivity contribution in [2.24, 2.45) is 0 Å². The molecule has 0 atom stereocenters. The Kier molecular flexibility index (Phi) is 8.12. The van der Waals surface area contributed by atoms with Gasteiger partial charge in [0.2, 0.25) is 0 Å². The van der Waals surface area contributed by atoms with Crippen molar-refractivity contribution in [2.75, 3.05) is 34.2 Å². The lowest BCUT2D eigenvalue weighted by molar-refractivity contribution is 0.415. The summed E-state index contributed by atoms with van der Waals surface area (Å²) in [6, 6.07) is 53.7. The van der Waals surface area contributed by atoms with Gasteiger partial charge in [0.1, 0.15) is 23.0 Å². The Hall–Kier alpha value is -7.24. The lowest BCUT2D eigenvalue weighted by Gasteiger charge is -2.23. The predicted molar refractivity (Wildman–Crippen MR) is 238 cm³/mol. The van der Waals surface area contributed by atoms with E-state index < -0.39 is 0 Å². The molecule has 0 aliphatic heterocycles. The Labute approximate surface area is 330 Å². The first-order valence-electron chi connectivity index (χ1n) is 19.0. The maximum absolute atomic E-state index is 7.23. The number of fused-ring (bicyclic) bond motifs is 6.